The first-order valence-electron chi connectivity index (χ1n) is 9.21. The van der Waals surface area contributed by atoms with E-state index in [9.17, 15) is 9.59 Å². The third-order valence-electron chi connectivity index (χ3n) is 4.53. The molecule has 0 spiro atoms. The van der Waals surface area contributed by atoms with Crippen LogP contribution in [0.4, 0.5) is 5.69 Å². The van der Waals surface area contributed by atoms with Crippen molar-refractivity contribution in [2.24, 2.45) is 0 Å². The van der Waals surface area contributed by atoms with Crippen molar-refractivity contribution in [1.82, 2.24) is 5.32 Å². The van der Waals surface area contributed by atoms with E-state index in [2.05, 4.69) is 10.6 Å². The van der Waals surface area contributed by atoms with E-state index in [0.29, 0.717) is 40.4 Å². The Labute approximate surface area is 172 Å². The second-order valence-electron chi connectivity index (χ2n) is 6.60. The fraction of sp³-hybridized carbons (Fsp3) is 0.0870. The molecular weight excluding hydrogens is 382 g/mol. The van der Waals surface area contributed by atoms with E-state index in [1.54, 1.807) is 48.5 Å². The Morgan fingerprint density at radius 2 is 1.67 bits per heavy atom. The van der Waals surface area contributed by atoms with Crippen LogP contribution in [0.25, 0.3) is 0 Å². The van der Waals surface area contributed by atoms with Gasteiger partial charge in [-0.15, -0.1) is 0 Å². The zero-order valence-corrected chi connectivity index (χ0v) is 15.8. The van der Waals surface area contributed by atoms with E-state index < -0.39 is 0 Å². The van der Waals surface area contributed by atoms with Crippen LogP contribution in [0.3, 0.4) is 0 Å². The Kier molecular flexibility index (Phi) is 5.31. The molecule has 1 aliphatic heterocycles. The van der Waals surface area contributed by atoms with Crippen molar-refractivity contribution >= 4 is 17.5 Å². The molecule has 0 atom stereocenters. The van der Waals surface area contributed by atoms with Gasteiger partial charge in [0.05, 0.1) is 11.6 Å². The number of hydrogen-bond donors (Lipinski definition) is 2. The predicted octanol–water partition coefficient (Wildman–Crippen LogP) is 3.47. The van der Waals surface area contributed by atoms with Crippen molar-refractivity contribution in [2.75, 3.05) is 12.1 Å². The summed E-state index contributed by atoms with van der Waals surface area (Å²) in [5.41, 5.74) is 2.54. The molecule has 0 aromatic heterocycles. The van der Waals surface area contributed by atoms with E-state index in [0.717, 1.165) is 5.56 Å². The molecule has 2 N–H and O–H groups in total. The highest BCUT2D eigenvalue weighted by atomic mass is 16.7. The molecule has 7 nitrogen and oxygen atoms in total. The van der Waals surface area contributed by atoms with E-state index in [-0.39, 0.29) is 18.6 Å². The number of anilines is 1. The minimum atomic E-state index is -0.365. The minimum Gasteiger partial charge on any atom is -0.454 e. The summed E-state index contributed by atoms with van der Waals surface area (Å²) in [6.07, 6.45) is 0. The molecular formula is C23H17N3O4. The largest absolute Gasteiger partial charge is 0.454 e. The van der Waals surface area contributed by atoms with Crippen molar-refractivity contribution in [3.8, 4) is 17.6 Å². The van der Waals surface area contributed by atoms with Crippen LogP contribution < -0.4 is 20.1 Å². The summed E-state index contributed by atoms with van der Waals surface area (Å²) in [6.45, 7) is 0.508. The molecule has 3 aromatic rings. The first kappa shape index (κ1) is 19.0. The molecule has 30 heavy (non-hydrogen) atoms. The van der Waals surface area contributed by atoms with Crippen LogP contribution in [0.15, 0.2) is 66.7 Å². The third kappa shape index (κ3) is 4.23. The third-order valence-corrected chi connectivity index (χ3v) is 4.53. The summed E-state index contributed by atoms with van der Waals surface area (Å²) < 4.78 is 10.6. The van der Waals surface area contributed by atoms with Crippen molar-refractivity contribution in [2.45, 2.75) is 6.54 Å². The molecule has 0 saturated heterocycles. The molecule has 3 aromatic carbocycles. The number of fused-ring (bicyclic) bond motifs is 1. The van der Waals surface area contributed by atoms with Crippen LogP contribution in [-0.4, -0.2) is 18.6 Å². The van der Waals surface area contributed by atoms with Gasteiger partial charge in [-0.2, -0.15) is 5.26 Å². The van der Waals surface area contributed by atoms with Crippen LogP contribution in [0.1, 0.15) is 31.8 Å². The predicted molar refractivity (Wildman–Crippen MR) is 109 cm³/mol. The molecule has 4 rings (SSSR count). The highest BCUT2D eigenvalue weighted by Gasteiger charge is 2.14. The fourth-order valence-corrected chi connectivity index (χ4v) is 3.01. The van der Waals surface area contributed by atoms with E-state index in [4.69, 9.17) is 14.7 Å². The molecule has 0 aliphatic carbocycles. The number of carbonyl (C=O) groups excluding carboxylic acids is 2. The Morgan fingerprint density at radius 3 is 2.50 bits per heavy atom. The number of rotatable bonds is 5. The van der Waals surface area contributed by atoms with Gasteiger partial charge in [0.2, 0.25) is 6.79 Å². The van der Waals surface area contributed by atoms with E-state index in [1.807, 2.05) is 18.2 Å². The summed E-state index contributed by atoms with van der Waals surface area (Å²) >= 11 is 0. The van der Waals surface area contributed by atoms with Gasteiger partial charge < -0.3 is 20.1 Å². The first-order valence-corrected chi connectivity index (χ1v) is 9.21. The number of amides is 2. The van der Waals surface area contributed by atoms with Crippen LogP contribution in [0.5, 0.6) is 11.5 Å². The number of benzene rings is 3. The van der Waals surface area contributed by atoms with Crippen molar-refractivity contribution in [3.05, 3.63) is 89.0 Å². The Hall–Kier alpha value is -4.31. The SMILES string of the molecule is N#Cc1cccc(NC(=O)c2cccc(C(=O)NCc3ccc4c(c3)OCO4)c2)c1. The zero-order chi connectivity index (χ0) is 20.9. The summed E-state index contributed by atoms with van der Waals surface area (Å²) in [5.74, 6) is 0.675. The zero-order valence-electron chi connectivity index (χ0n) is 15.8. The van der Waals surface area contributed by atoms with Gasteiger partial charge in [0.15, 0.2) is 11.5 Å². The summed E-state index contributed by atoms with van der Waals surface area (Å²) in [5, 5.41) is 14.5. The molecule has 1 aliphatic rings. The fourth-order valence-electron chi connectivity index (χ4n) is 3.01. The second kappa shape index (κ2) is 8.37. The van der Waals surface area contributed by atoms with E-state index >= 15 is 0 Å². The average molecular weight is 399 g/mol. The highest BCUT2D eigenvalue weighted by molar-refractivity contribution is 6.06. The molecule has 0 fully saturated rings. The van der Waals surface area contributed by atoms with Crippen molar-refractivity contribution in [1.29, 1.82) is 5.26 Å². The van der Waals surface area contributed by atoms with Crippen LogP contribution in [-0.2, 0) is 6.54 Å². The summed E-state index contributed by atoms with van der Waals surface area (Å²) in [6, 6.07) is 20.6. The standard InChI is InChI=1S/C23H17N3O4/c24-12-15-3-1-6-19(9-15)26-23(28)18-5-2-4-17(11-18)22(27)25-13-16-7-8-20-21(10-16)30-14-29-20/h1-11H,13-14H2,(H,25,27)(H,26,28). The number of nitriles is 1. The monoisotopic (exact) mass is 399 g/mol. The molecule has 0 bridgehead atoms. The number of hydrogen-bond acceptors (Lipinski definition) is 5. The summed E-state index contributed by atoms with van der Waals surface area (Å²) in [7, 11) is 0. The molecule has 1 heterocycles. The maximum absolute atomic E-state index is 12.5. The van der Waals surface area contributed by atoms with Gasteiger partial charge in [0, 0.05) is 23.4 Å². The van der Waals surface area contributed by atoms with Gasteiger partial charge in [0.1, 0.15) is 0 Å². The maximum atomic E-state index is 12.5. The number of carbonyl (C=O) groups is 2. The number of nitrogens with one attached hydrogen (secondary N) is 2. The van der Waals surface area contributed by atoms with Crippen LogP contribution >= 0.6 is 0 Å². The molecule has 148 valence electrons. The lowest BCUT2D eigenvalue weighted by atomic mass is 10.1. The molecule has 2 amide bonds. The van der Waals surface area contributed by atoms with Crippen LogP contribution in [0, 0.1) is 11.3 Å². The molecule has 0 unspecified atom stereocenters. The average Bonchev–Trinajstić information content (AvgIpc) is 3.25. The van der Waals surface area contributed by atoms with Gasteiger partial charge in [0.25, 0.3) is 11.8 Å². The van der Waals surface area contributed by atoms with Crippen LogP contribution in [0.2, 0.25) is 0 Å². The Morgan fingerprint density at radius 1 is 0.900 bits per heavy atom. The molecule has 0 saturated carbocycles. The van der Waals surface area contributed by atoms with Crippen molar-refractivity contribution < 1.29 is 19.1 Å². The lowest BCUT2D eigenvalue weighted by Gasteiger charge is -2.09. The van der Waals surface area contributed by atoms with Gasteiger partial charge in [-0.25, -0.2) is 0 Å². The minimum absolute atomic E-state index is 0.195. The number of ether oxygens (including phenoxy) is 2. The van der Waals surface area contributed by atoms with Gasteiger partial charge >= 0.3 is 0 Å². The molecule has 0 radical (unpaired) electrons. The first-order chi connectivity index (χ1) is 14.6. The number of nitrogens with zero attached hydrogens (tertiary/aromatic N) is 1. The van der Waals surface area contributed by atoms with Crippen molar-refractivity contribution in [3.63, 3.8) is 0 Å². The lowest BCUT2D eigenvalue weighted by molar-refractivity contribution is 0.0951. The normalized spacial score (nSPS) is 11.4. The topological polar surface area (TPSA) is 100 Å². The molecule has 7 heteroatoms. The maximum Gasteiger partial charge on any atom is 0.255 e. The van der Waals surface area contributed by atoms with Gasteiger partial charge in [-0.05, 0) is 54.1 Å². The lowest BCUT2D eigenvalue weighted by Crippen LogP contribution is -2.23. The quantitative estimate of drug-likeness (QED) is 0.684. The summed E-state index contributed by atoms with van der Waals surface area (Å²) in [4.78, 5) is 25.1. The van der Waals surface area contributed by atoms with Gasteiger partial charge in [-0.3, -0.25) is 9.59 Å². The second-order valence-corrected chi connectivity index (χ2v) is 6.60. The highest BCUT2D eigenvalue weighted by Crippen LogP contribution is 2.32. The Bertz CT molecular complexity index is 1170. The smallest absolute Gasteiger partial charge is 0.255 e. The Balaban J connectivity index is 1.41. The van der Waals surface area contributed by atoms with E-state index in [1.165, 1.54) is 6.07 Å². The van der Waals surface area contributed by atoms with Gasteiger partial charge in [-0.1, -0.05) is 18.2 Å².